The van der Waals surface area contributed by atoms with E-state index in [9.17, 15) is 28.8 Å². The molecule has 0 saturated heterocycles. The number of fused-ring (bicyclic) bond motifs is 16. The first kappa shape index (κ1) is 95.4. The topological polar surface area (TPSA) is 241 Å². The number of ketones is 4. The van der Waals surface area contributed by atoms with Crippen LogP contribution in [-0.2, 0) is 93.8 Å². The molecule has 14 rings (SSSR count). The molecule has 2 heterocycles. The van der Waals surface area contributed by atoms with E-state index in [4.69, 9.17) is 71.1 Å². The quantitative estimate of drug-likeness (QED) is 0.0254. The Morgan fingerprint density at radius 1 is 0.313 bits per heavy atom. The van der Waals surface area contributed by atoms with Gasteiger partial charge in [-0.05, 0) is 200 Å². The lowest BCUT2D eigenvalue weighted by Crippen LogP contribution is -2.37. The molecule has 0 fully saturated rings. The standard InChI is InChI=1S/C110H122O21/c1-103(2,91(111)37-17-15-27-63-124-105(5,6)93(113)55-57-95(115)122-67-71-128-107(9)89-35-25-23-33-85(89)97-81-29-19-21-31-83(81)101-87(99(97)107)59-61-109(130-101,73-39-47-77(117-11)48-40-73)74-41-49-78(118-12)50-42-74)126-69-65-121-66-70-127-104(3,4)92(112)38-18-16-28-64-125-106(7,8)94(114)56-58-96(116)123-68-72-129-108(10)90-36-26-24-34-86(90)98-82-30-20-22-32-84(82)102-88(100(98)108)60-62-110(131-102,75-43-51-79(119-13)52-44-75)76-45-53-80(120-14)54-46-76/h19-26,29-36,39-54,59-62H,15-18,27-28,37-38,55-58,63-72H2,1-14H3. The molecule has 2 atom stereocenters. The molecular weight excluding hydrogens is 1660 g/mol. The van der Waals surface area contributed by atoms with Gasteiger partial charge in [0.2, 0.25) is 0 Å². The van der Waals surface area contributed by atoms with Gasteiger partial charge in [0, 0.05) is 94.2 Å². The molecule has 21 nitrogen and oxygen atoms in total. The Balaban J connectivity index is 0.446. The van der Waals surface area contributed by atoms with Gasteiger partial charge in [-0.1, -0.05) is 171 Å². The second-order valence-electron chi connectivity index (χ2n) is 36.0. The van der Waals surface area contributed by atoms with Crippen LogP contribution in [-0.4, -0.2) is 152 Å². The average molecular weight is 1780 g/mol. The molecule has 0 radical (unpaired) electrons. The van der Waals surface area contributed by atoms with Gasteiger partial charge < -0.3 is 71.1 Å². The monoisotopic (exact) mass is 1780 g/mol. The summed E-state index contributed by atoms with van der Waals surface area (Å²) in [6, 6.07) is 64.7. The van der Waals surface area contributed by atoms with E-state index in [0.717, 1.165) is 122 Å². The van der Waals surface area contributed by atoms with Gasteiger partial charge in [-0.2, -0.15) is 0 Å². The number of benzene rings is 10. The van der Waals surface area contributed by atoms with Gasteiger partial charge in [0.25, 0.3) is 0 Å². The van der Waals surface area contributed by atoms with Crippen LogP contribution in [0.2, 0.25) is 0 Å². The summed E-state index contributed by atoms with van der Waals surface area (Å²) in [6.45, 7) is 19.4. The maximum Gasteiger partial charge on any atom is 0.306 e. The highest BCUT2D eigenvalue weighted by Crippen LogP contribution is 2.61. The Hall–Kier alpha value is -11.7. The molecule has 0 spiro atoms. The van der Waals surface area contributed by atoms with E-state index in [1.165, 1.54) is 0 Å². The summed E-state index contributed by atoms with van der Waals surface area (Å²) in [6.07, 6.45) is 12.6. The lowest BCUT2D eigenvalue weighted by atomic mass is 9.80. The fourth-order valence-electron chi connectivity index (χ4n) is 18.3. The van der Waals surface area contributed by atoms with Crippen LogP contribution in [0.25, 0.3) is 56.0 Å². The number of unbranched alkanes of at least 4 members (excludes halogenated alkanes) is 4. The smallest absolute Gasteiger partial charge is 0.306 e. The molecule has 0 saturated carbocycles. The van der Waals surface area contributed by atoms with Crippen LogP contribution in [0.4, 0.5) is 0 Å². The summed E-state index contributed by atoms with van der Waals surface area (Å²) >= 11 is 0. The Labute approximate surface area is 768 Å². The van der Waals surface area contributed by atoms with Gasteiger partial charge in [-0.15, -0.1) is 0 Å². The first-order valence-electron chi connectivity index (χ1n) is 45.5. The number of hydrogen-bond acceptors (Lipinski definition) is 21. The van der Waals surface area contributed by atoms with Gasteiger partial charge in [0.05, 0.1) is 80.9 Å². The number of Topliss-reactive ketones (excluding diaryl/α,β-unsaturated/α-hetero) is 4. The van der Waals surface area contributed by atoms with Crippen molar-refractivity contribution in [2.24, 2.45) is 0 Å². The van der Waals surface area contributed by atoms with Crippen molar-refractivity contribution in [1.82, 2.24) is 0 Å². The summed E-state index contributed by atoms with van der Waals surface area (Å²) in [5.41, 5.74) is 5.03. The zero-order chi connectivity index (χ0) is 92.9. The maximum absolute atomic E-state index is 13.5. The summed E-state index contributed by atoms with van der Waals surface area (Å²) < 4.78 is 92.4. The molecule has 0 amide bonds. The van der Waals surface area contributed by atoms with Gasteiger partial charge in [-0.25, -0.2) is 0 Å². The van der Waals surface area contributed by atoms with Gasteiger partial charge >= 0.3 is 11.9 Å². The zero-order valence-electron chi connectivity index (χ0n) is 77.9. The number of carbonyl (C=O) groups excluding carboxylic acids is 6. The largest absolute Gasteiger partial charge is 0.497 e. The Morgan fingerprint density at radius 3 is 0.954 bits per heavy atom. The Morgan fingerprint density at radius 2 is 0.618 bits per heavy atom. The van der Waals surface area contributed by atoms with Crippen LogP contribution in [0, 0.1) is 0 Å². The van der Waals surface area contributed by atoms with Crippen LogP contribution in [0.3, 0.4) is 0 Å². The molecule has 4 aliphatic rings. The molecule has 2 unspecified atom stereocenters. The van der Waals surface area contributed by atoms with Crippen molar-refractivity contribution in [1.29, 1.82) is 0 Å². The minimum absolute atomic E-state index is 0.0379. The summed E-state index contributed by atoms with van der Waals surface area (Å²) in [7, 11) is 6.59. The van der Waals surface area contributed by atoms with Crippen molar-refractivity contribution < 1.29 is 99.8 Å². The molecule has 2 aliphatic heterocycles. The van der Waals surface area contributed by atoms with Crippen molar-refractivity contribution in [2.45, 2.75) is 191 Å². The van der Waals surface area contributed by atoms with Crippen LogP contribution < -0.4 is 28.4 Å². The third-order valence-electron chi connectivity index (χ3n) is 26.0. The number of esters is 2. The Bertz CT molecular complexity index is 5390. The average Bonchev–Trinajstić information content (AvgIpc) is 1.56. The molecule has 21 heteroatoms. The Kier molecular flexibility index (Phi) is 29.9. The van der Waals surface area contributed by atoms with E-state index in [-0.39, 0.29) is 102 Å². The van der Waals surface area contributed by atoms with E-state index in [0.29, 0.717) is 76.1 Å². The van der Waals surface area contributed by atoms with Crippen molar-refractivity contribution in [2.75, 3.05) is 94.5 Å². The lowest BCUT2D eigenvalue weighted by molar-refractivity contribution is -0.150. The normalized spacial score (nSPS) is 16.1. The van der Waals surface area contributed by atoms with E-state index in [1.54, 1.807) is 83.8 Å². The number of methoxy groups -OCH3 is 4. The predicted octanol–water partition coefficient (Wildman–Crippen LogP) is 21.2. The van der Waals surface area contributed by atoms with Crippen LogP contribution in [0.15, 0.2) is 206 Å². The minimum atomic E-state index is -1.15. The number of rotatable bonds is 48. The zero-order valence-corrected chi connectivity index (χ0v) is 77.9. The van der Waals surface area contributed by atoms with E-state index in [2.05, 4.69) is 86.7 Å². The molecule has 10 aromatic carbocycles. The van der Waals surface area contributed by atoms with Crippen LogP contribution >= 0.6 is 0 Å². The lowest BCUT2D eigenvalue weighted by Gasteiger charge is -2.39. The van der Waals surface area contributed by atoms with E-state index < -0.39 is 56.7 Å². The van der Waals surface area contributed by atoms with Crippen LogP contribution in [0.1, 0.15) is 202 Å². The molecule has 0 aromatic heterocycles. The van der Waals surface area contributed by atoms with E-state index in [1.807, 2.05) is 146 Å². The van der Waals surface area contributed by atoms with Crippen molar-refractivity contribution >= 4 is 68.8 Å². The SMILES string of the molecule is COc1ccc(C2(c3ccc(OC)cc3)C=Cc3c4c(c5ccccc5c3O2)-c2ccccc2C4(C)OCCOC(=O)CCC(=O)C(C)(C)OCCCCCC(=O)C(C)(C)OCCOCCOC(C)(C)C(=O)CCCCCOC(C)(C)C(=O)CCC(=O)OCCOC2(C)c3ccccc3-c3c2c2c(c4ccccc34)OC(c3ccc(OC)cc3)(c3ccc(OC)cc3)C=C2)cc1. The molecule has 2 aliphatic carbocycles. The first-order valence-corrected chi connectivity index (χ1v) is 45.5. The third kappa shape index (κ3) is 20.4. The molecular formula is C110H122O21. The van der Waals surface area contributed by atoms with Gasteiger partial charge in [-0.3, -0.25) is 28.8 Å². The van der Waals surface area contributed by atoms with Crippen molar-refractivity contribution in [3.8, 4) is 56.8 Å². The minimum Gasteiger partial charge on any atom is -0.497 e. The first-order chi connectivity index (χ1) is 63.0. The van der Waals surface area contributed by atoms with Gasteiger partial charge in [0.1, 0.15) is 81.3 Å². The van der Waals surface area contributed by atoms with Crippen molar-refractivity contribution in [3.05, 3.63) is 262 Å². The number of carbonyl (C=O) groups is 6. The van der Waals surface area contributed by atoms with Crippen LogP contribution in [0.5, 0.6) is 34.5 Å². The summed E-state index contributed by atoms with van der Waals surface area (Å²) in [5, 5.41) is 3.92. The molecule has 0 bridgehead atoms. The number of ether oxygens (including phenoxy) is 15. The highest BCUT2D eigenvalue weighted by atomic mass is 16.6. The predicted molar refractivity (Wildman–Crippen MR) is 505 cm³/mol. The molecule has 10 aromatic rings. The molecule has 688 valence electrons. The fourth-order valence-corrected chi connectivity index (χ4v) is 18.3. The maximum atomic E-state index is 13.5. The van der Waals surface area contributed by atoms with Gasteiger partial charge in [0.15, 0.2) is 34.3 Å². The highest BCUT2D eigenvalue weighted by Gasteiger charge is 2.50. The third-order valence-corrected chi connectivity index (χ3v) is 26.0. The van der Waals surface area contributed by atoms with E-state index >= 15 is 0 Å². The molecule has 0 N–H and O–H groups in total. The molecule has 131 heavy (non-hydrogen) atoms. The second-order valence-corrected chi connectivity index (χ2v) is 36.0. The van der Waals surface area contributed by atoms with Crippen molar-refractivity contribution in [3.63, 3.8) is 0 Å². The summed E-state index contributed by atoms with van der Waals surface area (Å²) in [4.78, 5) is 80.2. The second kappa shape index (κ2) is 41.0. The summed E-state index contributed by atoms with van der Waals surface area (Å²) in [5.74, 6) is 2.73. The fraction of sp³-hybridized carbons (Fsp3) is 0.400. The highest BCUT2D eigenvalue weighted by molar-refractivity contribution is 6.10. The number of hydrogen-bond donors (Lipinski definition) is 0.